The van der Waals surface area contributed by atoms with Gasteiger partial charge in [-0.2, -0.15) is 0 Å². The zero-order valence-electron chi connectivity index (χ0n) is 10.8. The second-order valence-electron chi connectivity index (χ2n) is 4.39. The van der Waals surface area contributed by atoms with E-state index in [1.54, 1.807) is 0 Å². The Morgan fingerprint density at radius 2 is 2.19 bits per heavy atom. The first-order chi connectivity index (χ1) is 9.90. The monoisotopic (exact) mass is 348 g/mol. The third-order valence-corrected chi connectivity index (χ3v) is 3.88. The molecule has 0 aromatic heterocycles. The van der Waals surface area contributed by atoms with Crippen molar-refractivity contribution >= 4 is 45.8 Å². The minimum atomic E-state index is -0.537. The van der Waals surface area contributed by atoms with E-state index >= 15 is 0 Å². The molecule has 0 atom stereocenters. The molecule has 8 heteroatoms. The predicted molar refractivity (Wildman–Crippen MR) is 85.0 cm³/mol. The van der Waals surface area contributed by atoms with Crippen molar-refractivity contribution in [2.75, 3.05) is 13.1 Å². The SMILES string of the molecule is N=C(Cl)/C=C1\C(N)=NCCN1Cc1c(Cl)ccc(F)c1Cl. The first kappa shape index (κ1) is 16.1. The Morgan fingerprint density at radius 1 is 1.48 bits per heavy atom. The van der Waals surface area contributed by atoms with Crippen molar-refractivity contribution in [3.8, 4) is 0 Å². The van der Waals surface area contributed by atoms with Crippen LogP contribution in [0.2, 0.25) is 10.0 Å². The molecule has 0 unspecified atom stereocenters. The number of aliphatic imine (C=N–C) groups is 1. The van der Waals surface area contributed by atoms with Crippen LogP contribution in [0, 0.1) is 11.2 Å². The van der Waals surface area contributed by atoms with Crippen LogP contribution in [0.1, 0.15) is 5.56 Å². The summed E-state index contributed by atoms with van der Waals surface area (Å²) in [6, 6.07) is 2.66. The molecular formula is C13H12Cl3FN4. The van der Waals surface area contributed by atoms with Crippen LogP contribution >= 0.6 is 34.8 Å². The van der Waals surface area contributed by atoms with Gasteiger partial charge < -0.3 is 10.6 Å². The molecule has 1 heterocycles. The lowest BCUT2D eigenvalue weighted by Gasteiger charge is -2.30. The molecule has 0 radical (unpaired) electrons. The number of hydrogen-bond acceptors (Lipinski definition) is 4. The van der Waals surface area contributed by atoms with Gasteiger partial charge in [-0.25, -0.2) is 4.39 Å². The summed E-state index contributed by atoms with van der Waals surface area (Å²) in [4.78, 5) is 5.92. The molecule has 1 aliphatic rings. The van der Waals surface area contributed by atoms with Gasteiger partial charge in [0.25, 0.3) is 0 Å². The second-order valence-corrected chi connectivity index (χ2v) is 5.58. The number of allylic oxidation sites excluding steroid dienone is 1. The minimum absolute atomic E-state index is 0.0242. The smallest absolute Gasteiger partial charge is 0.142 e. The second kappa shape index (κ2) is 6.64. The molecule has 0 bridgehead atoms. The molecule has 0 amide bonds. The van der Waals surface area contributed by atoms with Gasteiger partial charge >= 0.3 is 0 Å². The van der Waals surface area contributed by atoms with Gasteiger partial charge in [0.05, 0.1) is 17.3 Å². The van der Waals surface area contributed by atoms with Crippen LogP contribution < -0.4 is 5.73 Å². The normalized spacial score (nSPS) is 17.0. The zero-order chi connectivity index (χ0) is 15.6. The van der Waals surface area contributed by atoms with Crippen LogP contribution in [0.3, 0.4) is 0 Å². The molecule has 0 saturated carbocycles. The summed E-state index contributed by atoms with van der Waals surface area (Å²) in [5.74, 6) is -0.263. The van der Waals surface area contributed by atoms with Gasteiger partial charge in [0.1, 0.15) is 16.8 Å². The van der Waals surface area contributed by atoms with E-state index in [0.29, 0.717) is 29.4 Å². The van der Waals surface area contributed by atoms with E-state index in [9.17, 15) is 4.39 Å². The molecule has 0 saturated heterocycles. The van der Waals surface area contributed by atoms with Crippen LogP contribution in [0.4, 0.5) is 4.39 Å². The van der Waals surface area contributed by atoms with Crippen molar-refractivity contribution in [3.05, 3.63) is 45.3 Å². The summed E-state index contributed by atoms with van der Waals surface area (Å²) in [7, 11) is 0. The Bertz CT molecular complexity index is 643. The van der Waals surface area contributed by atoms with E-state index in [4.69, 9.17) is 45.9 Å². The van der Waals surface area contributed by atoms with E-state index in [-0.39, 0.29) is 22.6 Å². The maximum Gasteiger partial charge on any atom is 0.142 e. The molecule has 0 spiro atoms. The maximum atomic E-state index is 13.6. The lowest BCUT2D eigenvalue weighted by Crippen LogP contribution is -2.38. The van der Waals surface area contributed by atoms with Crippen LogP contribution in [-0.4, -0.2) is 29.0 Å². The highest BCUT2D eigenvalue weighted by atomic mass is 35.5. The molecule has 0 fully saturated rings. The molecule has 1 aliphatic heterocycles. The van der Waals surface area contributed by atoms with Gasteiger partial charge in [0, 0.05) is 29.8 Å². The highest BCUT2D eigenvalue weighted by Crippen LogP contribution is 2.29. The fourth-order valence-electron chi connectivity index (χ4n) is 2.01. The van der Waals surface area contributed by atoms with E-state index in [0.717, 1.165) is 0 Å². The average Bonchev–Trinajstić information content (AvgIpc) is 2.42. The number of halogens is 4. The van der Waals surface area contributed by atoms with Crippen LogP contribution in [0.15, 0.2) is 28.9 Å². The van der Waals surface area contributed by atoms with Gasteiger partial charge in [0.15, 0.2) is 0 Å². The standard InChI is InChI=1S/C13H12Cl3FN4/c14-8-1-2-9(17)12(16)7(8)6-21-4-3-20-13(19)10(21)5-11(15)18/h1-2,5,18H,3-4,6H2,(H2,19,20)/b10-5+,18-11?. The van der Waals surface area contributed by atoms with Crippen LogP contribution in [-0.2, 0) is 6.54 Å². The van der Waals surface area contributed by atoms with Crippen molar-refractivity contribution < 1.29 is 4.39 Å². The Balaban J connectivity index is 2.37. The lowest BCUT2D eigenvalue weighted by molar-refractivity contribution is 0.352. The highest BCUT2D eigenvalue weighted by molar-refractivity contribution is 6.67. The van der Waals surface area contributed by atoms with Gasteiger partial charge in [-0.15, -0.1) is 0 Å². The molecule has 3 N–H and O–H groups in total. The molecule has 112 valence electrons. The summed E-state index contributed by atoms with van der Waals surface area (Å²) in [6.45, 7) is 1.28. The highest BCUT2D eigenvalue weighted by Gasteiger charge is 2.21. The first-order valence-electron chi connectivity index (χ1n) is 6.03. The summed E-state index contributed by atoms with van der Waals surface area (Å²) < 4.78 is 13.6. The fourth-order valence-corrected chi connectivity index (χ4v) is 2.60. The molecule has 1 aromatic rings. The third-order valence-electron chi connectivity index (χ3n) is 3.01. The van der Waals surface area contributed by atoms with Crippen molar-refractivity contribution in [3.63, 3.8) is 0 Å². The van der Waals surface area contributed by atoms with E-state index in [2.05, 4.69) is 4.99 Å². The van der Waals surface area contributed by atoms with E-state index < -0.39 is 5.82 Å². The Morgan fingerprint density at radius 3 is 2.86 bits per heavy atom. The number of nitrogens with two attached hydrogens (primary N) is 1. The number of nitrogens with one attached hydrogen (secondary N) is 1. The topological polar surface area (TPSA) is 65.5 Å². The zero-order valence-corrected chi connectivity index (χ0v) is 13.1. The summed E-state index contributed by atoms with van der Waals surface area (Å²) in [5, 5.41) is 7.51. The minimum Gasteiger partial charge on any atom is -0.382 e. The Labute approximate surface area is 136 Å². The van der Waals surface area contributed by atoms with Crippen LogP contribution in [0.25, 0.3) is 0 Å². The maximum absolute atomic E-state index is 13.6. The summed E-state index contributed by atoms with van der Waals surface area (Å²) in [6.07, 6.45) is 1.39. The number of benzene rings is 1. The van der Waals surface area contributed by atoms with Gasteiger partial charge in [0.2, 0.25) is 0 Å². The van der Waals surface area contributed by atoms with Crippen LogP contribution in [0.5, 0.6) is 0 Å². The number of nitrogens with zero attached hydrogens (tertiary/aromatic N) is 2. The fraction of sp³-hybridized carbons (Fsp3) is 0.231. The Hall–Kier alpha value is -1.30. The molecule has 4 nitrogen and oxygen atoms in total. The van der Waals surface area contributed by atoms with E-state index in [1.165, 1.54) is 18.2 Å². The lowest BCUT2D eigenvalue weighted by atomic mass is 10.1. The summed E-state index contributed by atoms with van der Waals surface area (Å²) >= 11 is 17.6. The van der Waals surface area contributed by atoms with Gasteiger partial charge in [-0.3, -0.25) is 10.4 Å². The third kappa shape index (κ3) is 3.67. The number of amidine groups is 1. The van der Waals surface area contributed by atoms with Gasteiger partial charge in [-0.05, 0) is 12.1 Å². The van der Waals surface area contributed by atoms with Crippen molar-refractivity contribution in [2.45, 2.75) is 6.54 Å². The van der Waals surface area contributed by atoms with E-state index in [1.807, 2.05) is 4.90 Å². The predicted octanol–water partition coefficient (Wildman–Crippen LogP) is 3.41. The molecule has 1 aromatic carbocycles. The van der Waals surface area contributed by atoms with Crippen molar-refractivity contribution in [1.82, 2.24) is 4.90 Å². The molecule has 21 heavy (non-hydrogen) atoms. The number of rotatable bonds is 3. The largest absolute Gasteiger partial charge is 0.382 e. The molecular weight excluding hydrogens is 338 g/mol. The summed E-state index contributed by atoms with van der Waals surface area (Å²) in [5.41, 5.74) is 6.78. The molecule has 0 aliphatic carbocycles. The quantitative estimate of drug-likeness (QED) is 0.649. The average molecular weight is 350 g/mol. The number of hydrogen-bond donors (Lipinski definition) is 2. The van der Waals surface area contributed by atoms with Crippen molar-refractivity contribution in [2.24, 2.45) is 10.7 Å². The first-order valence-corrected chi connectivity index (χ1v) is 7.17. The molecule has 2 rings (SSSR count). The van der Waals surface area contributed by atoms with Gasteiger partial charge in [-0.1, -0.05) is 34.8 Å². The van der Waals surface area contributed by atoms with Crippen molar-refractivity contribution in [1.29, 1.82) is 5.41 Å². The Kier molecular flexibility index (Phi) is 5.08.